The maximum absolute atomic E-state index is 12.5. The lowest BCUT2D eigenvalue weighted by atomic mass is 10.0. The molecular formula is C19H32N2O3. The first-order valence-corrected chi connectivity index (χ1v) is 8.95. The minimum absolute atomic E-state index is 0.163. The van der Waals surface area contributed by atoms with Gasteiger partial charge in [0, 0.05) is 13.2 Å². The Morgan fingerprint density at radius 2 is 1.75 bits per heavy atom. The van der Waals surface area contributed by atoms with Crippen LogP contribution >= 0.6 is 0 Å². The van der Waals surface area contributed by atoms with Crippen LogP contribution in [0.4, 0.5) is 0 Å². The minimum atomic E-state index is -0.583. The Balaban J connectivity index is 2.67. The Hall–Kier alpha value is -1.43. The third kappa shape index (κ3) is 7.43. The zero-order chi connectivity index (χ0) is 17.8. The molecular weight excluding hydrogens is 304 g/mol. The van der Waals surface area contributed by atoms with E-state index in [0.717, 1.165) is 24.8 Å². The molecule has 0 aliphatic carbocycles. The van der Waals surface area contributed by atoms with Gasteiger partial charge in [0.25, 0.3) is 0 Å². The van der Waals surface area contributed by atoms with Crippen LogP contribution in [-0.4, -0.2) is 37.5 Å². The van der Waals surface area contributed by atoms with E-state index in [1.54, 1.807) is 0 Å². The van der Waals surface area contributed by atoms with Crippen molar-refractivity contribution in [3.05, 3.63) is 35.9 Å². The molecule has 0 bridgehead atoms. The molecule has 1 unspecified atom stereocenters. The monoisotopic (exact) mass is 336 g/mol. The molecule has 1 rings (SSSR count). The maximum Gasteiger partial charge on any atom is 0.237 e. The first-order chi connectivity index (χ1) is 11.6. The van der Waals surface area contributed by atoms with Gasteiger partial charge in [-0.1, -0.05) is 50.1 Å². The number of amides is 1. The lowest BCUT2D eigenvalue weighted by Gasteiger charge is -2.28. The molecule has 0 aliphatic rings. The molecule has 0 saturated carbocycles. The third-order valence-electron chi connectivity index (χ3n) is 3.82. The van der Waals surface area contributed by atoms with Crippen LogP contribution in [0.1, 0.15) is 45.6 Å². The van der Waals surface area contributed by atoms with Gasteiger partial charge in [-0.25, -0.2) is 0 Å². The largest absolute Gasteiger partial charge is 0.351 e. The summed E-state index contributed by atoms with van der Waals surface area (Å²) in [5.74, 6) is -0.163. The molecule has 0 aliphatic heterocycles. The number of carbonyl (C=O) groups excluding carboxylic acids is 1. The lowest BCUT2D eigenvalue weighted by molar-refractivity contribution is -0.159. The van der Waals surface area contributed by atoms with Crippen molar-refractivity contribution in [1.29, 1.82) is 0 Å². The average molecular weight is 336 g/mol. The van der Waals surface area contributed by atoms with Crippen molar-refractivity contribution in [3.63, 3.8) is 0 Å². The van der Waals surface area contributed by atoms with E-state index < -0.39 is 12.3 Å². The fourth-order valence-corrected chi connectivity index (χ4v) is 2.56. The Labute approximate surface area is 145 Å². The van der Waals surface area contributed by atoms with Crippen LogP contribution in [0.2, 0.25) is 0 Å². The molecule has 136 valence electrons. The average Bonchev–Trinajstić information content (AvgIpc) is 2.59. The molecule has 1 aromatic rings. The number of hydrogen-bond donors (Lipinski definition) is 2. The second kappa shape index (κ2) is 12.0. The van der Waals surface area contributed by atoms with Crippen LogP contribution in [0.3, 0.4) is 0 Å². The smallest absolute Gasteiger partial charge is 0.237 e. The molecule has 1 aromatic carbocycles. The van der Waals surface area contributed by atoms with Gasteiger partial charge >= 0.3 is 0 Å². The first kappa shape index (κ1) is 20.6. The quantitative estimate of drug-likeness (QED) is 0.576. The third-order valence-corrected chi connectivity index (χ3v) is 3.82. The van der Waals surface area contributed by atoms with E-state index in [1.165, 1.54) is 0 Å². The topological polar surface area (TPSA) is 73.6 Å². The Kier molecular flexibility index (Phi) is 10.3. The molecule has 0 aromatic heterocycles. The molecule has 0 fully saturated rings. The second-order valence-electron chi connectivity index (χ2n) is 5.83. The summed E-state index contributed by atoms with van der Waals surface area (Å²) in [7, 11) is 0. The second-order valence-corrected chi connectivity index (χ2v) is 5.83. The van der Waals surface area contributed by atoms with E-state index in [4.69, 9.17) is 15.2 Å². The standard InChI is InChI=1S/C19H32N2O3/c1-4-7-13-17(19(23-5-2)24-6-3)21-18(22)16(20)14-15-11-9-8-10-12-15/h8-12,16-17,19H,4-7,13-14,20H2,1-3H3,(H,21,22)/t16-,17?/m0/s1. The zero-order valence-corrected chi connectivity index (χ0v) is 15.2. The molecule has 0 radical (unpaired) electrons. The van der Waals surface area contributed by atoms with E-state index in [2.05, 4.69) is 12.2 Å². The van der Waals surface area contributed by atoms with Crippen molar-refractivity contribution >= 4 is 5.91 Å². The summed E-state index contributed by atoms with van der Waals surface area (Å²) in [5, 5.41) is 3.03. The summed E-state index contributed by atoms with van der Waals surface area (Å²) in [6.45, 7) is 7.05. The summed E-state index contributed by atoms with van der Waals surface area (Å²) >= 11 is 0. The van der Waals surface area contributed by atoms with Gasteiger partial charge < -0.3 is 20.5 Å². The summed E-state index contributed by atoms with van der Waals surface area (Å²) in [5.41, 5.74) is 7.13. The number of carbonyl (C=O) groups is 1. The lowest BCUT2D eigenvalue weighted by Crippen LogP contribution is -2.51. The fraction of sp³-hybridized carbons (Fsp3) is 0.632. The van der Waals surface area contributed by atoms with Crippen molar-refractivity contribution in [2.24, 2.45) is 5.73 Å². The normalized spacial score (nSPS) is 13.7. The fourth-order valence-electron chi connectivity index (χ4n) is 2.56. The predicted octanol–water partition coefficient (Wildman–Crippen LogP) is 2.63. The molecule has 24 heavy (non-hydrogen) atoms. The Morgan fingerprint density at radius 3 is 2.29 bits per heavy atom. The molecule has 0 heterocycles. The number of nitrogens with two attached hydrogens (primary N) is 1. The van der Waals surface area contributed by atoms with Crippen LogP contribution in [0.25, 0.3) is 0 Å². The van der Waals surface area contributed by atoms with Gasteiger partial charge in [0.1, 0.15) is 0 Å². The van der Waals surface area contributed by atoms with Crippen molar-refractivity contribution in [2.45, 2.75) is 64.8 Å². The van der Waals surface area contributed by atoms with Gasteiger partial charge in [-0.05, 0) is 32.3 Å². The van der Waals surface area contributed by atoms with Crippen molar-refractivity contribution in [3.8, 4) is 0 Å². The molecule has 1 amide bonds. The Bertz CT molecular complexity index is 447. The Morgan fingerprint density at radius 1 is 1.12 bits per heavy atom. The first-order valence-electron chi connectivity index (χ1n) is 8.95. The summed E-state index contributed by atoms with van der Waals surface area (Å²) in [6, 6.07) is 9.04. The van der Waals surface area contributed by atoms with E-state index in [9.17, 15) is 4.79 Å². The van der Waals surface area contributed by atoms with Crippen LogP contribution in [0.15, 0.2) is 30.3 Å². The van der Waals surface area contributed by atoms with Gasteiger partial charge in [0.15, 0.2) is 6.29 Å². The highest BCUT2D eigenvalue weighted by Gasteiger charge is 2.26. The van der Waals surface area contributed by atoms with Crippen molar-refractivity contribution in [1.82, 2.24) is 5.32 Å². The zero-order valence-electron chi connectivity index (χ0n) is 15.2. The highest BCUT2D eigenvalue weighted by Crippen LogP contribution is 2.11. The van der Waals surface area contributed by atoms with Gasteiger partial charge in [0.2, 0.25) is 5.91 Å². The number of rotatable bonds is 12. The SMILES string of the molecule is CCCCC(NC(=O)[C@@H](N)Cc1ccccc1)C(OCC)OCC. The highest BCUT2D eigenvalue weighted by atomic mass is 16.7. The number of benzene rings is 1. The number of hydrogen-bond acceptors (Lipinski definition) is 4. The van der Waals surface area contributed by atoms with Gasteiger partial charge in [-0.2, -0.15) is 0 Å². The number of nitrogens with one attached hydrogen (secondary N) is 1. The van der Waals surface area contributed by atoms with Crippen LogP contribution in [0, 0.1) is 0 Å². The van der Waals surface area contributed by atoms with Crippen LogP contribution in [0.5, 0.6) is 0 Å². The van der Waals surface area contributed by atoms with E-state index >= 15 is 0 Å². The molecule has 0 saturated heterocycles. The maximum atomic E-state index is 12.5. The van der Waals surface area contributed by atoms with E-state index in [0.29, 0.717) is 19.6 Å². The van der Waals surface area contributed by atoms with Gasteiger partial charge in [-0.3, -0.25) is 4.79 Å². The molecule has 5 nitrogen and oxygen atoms in total. The van der Waals surface area contributed by atoms with Gasteiger partial charge in [0.05, 0.1) is 12.1 Å². The van der Waals surface area contributed by atoms with Crippen molar-refractivity contribution < 1.29 is 14.3 Å². The molecule has 0 spiro atoms. The molecule has 3 N–H and O–H groups in total. The van der Waals surface area contributed by atoms with Crippen LogP contribution in [-0.2, 0) is 20.7 Å². The van der Waals surface area contributed by atoms with Gasteiger partial charge in [-0.15, -0.1) is 0 Å². The number of ether oxygens (including phenoxy) is 2. The van der Waals surface area contributed by atoms with E-state index in [1.807, 2.05) is 44.2 Å². The minimum Gasteiger partial charge on any atom is -0.351 e. The molecule has 2 atom stereocenters. The van der Waals surface area contributed by atoms with Crippen molar-refractivity contribution in [2.75, 3.05) is 13.2 Å². The summed E-state index contributed by atoms with van der Waals surface area (Å²) in [6.07, 6.45) is 2.94. The summed E-state index contributed by atoms with van der Waals surface area (Å²) in [4.78, 5) is 12.5. The van der Waals surface area contributed by atoms with E-state index in [-0.39, 0.29) is 11.9 Å². The summed E-state index contributed by atoms with van der Waals surface area (Å²) < 4.78 is 11.3. The highest BCUT2D eigenvalue weighted by molar-refractivity contribution is 5.82. The van der Waals surface area contributed by atoms with Crippen LogP contribution < -0.4 is 11.1 Å². The predicted molar refractivity (Wildman–Crippen MR) is 96.6 cm³/mol. The number of unbranched alkanes of at least 4 members (excludes halogenated alkanes) is 1. The molecule has 5 heteroatoms.